The molecule has 4 unspecified atom stereocenters. The van der Waals surface area contributed by atoms with E-state index in [9.17, 15) is 0 Å². The van der Waals surface area contributed by atoms with Crippen LogP contribution in [0.1, 0.15) is 215 Å². The van der Waals surface area contributed by atoms with E-state index in [1.807, 2.05) is 22.7 Å². The van der Waals surface area contributed by atoms with E-state index >= 15 is 0 Å². The summed E-state index contributed by atoms with van der Waals surface area (Å²) in [6, 6.07) is 18.3. The van der Waals surface area contributed by atoms with Crippen molar-refractivity contribution in [2.24, 2.45) is 39.9 Å². The van der Waals surface area contributed by atoms with Crippen molar-refractivity contribution in [3.63, 3.8) is 0 Å². The molecule has 17 heteroatoms. The normalized spacial score (nSPS) is 26.7. The number of aryl methyl sites for hydroxylation is 5. The third-order valence-corrected chi connectivity index (χ3v) is 29.9. The van der Waals surface area contributed by atoms with Crippen LogP contribution in [-0.2, 0) is 65.3 Å². The summed E-state index contributed by atoms with van der Waals surface area (Å²) in [6.45, 7) is 53.0. The van der Waals surface area contributed by atoms with Crippen LogP contribution in [0, 0.1) is 74.5 Å². The van der Waals surface area contributed by atoms with Crippen LogP contribution in [0.25, 0.3) is 0 Å². The molecule has 4 atom stereocenters. The van der Waals surface area contributed by atoms with Crippen LogP contribution in [0.4, 0.5) is 0 Å². The minimum Gasteiger partial charge on any atom is -0.349 e. The van der Waals surface area contributed by atoms with Crippen LogP contribution >= 0.6 is 22.7 Å². The Morgan fingerprint density at radius 1 is 0.441 bits per heavy atom. The van der Waals surface area contributed by atoms with Gasteiger partial charge in [0.2, 0.25) is 0 Å². The number of likely N-dealkylation sites (N-methyl/N-ethyl adjacent to an activating group) is 4. The molecule has 16 heterocycles. The zero-order valence-electron chi connectivity index (χ0n) is 75.0. The summed E-state index contributed by atoms with van der Waals surface area (Å²) in [5.41, 5.74) is 15.3. The first-order chi connectivity index (χ1) is 52.8. The van der Waals surface area contributed by atoms with Crippen LogP contribution < -0.4 is 0 Å². The predicted molar refractivity (Wildman–Crippen MR) is 475 cm³/mol. The molecular weight excluding hydrogens is 1400 g/mol. The van der Waals surface area contributed by atoms with Gasteiger partial charge in [0.15, 0.2) is 12.8 Å². The Morgan fingerprint density at radius 2 is 1.06 bits per heavy atom. The molecule has 5 aromatic rings. The van der Waals surface area contributed by atoms with Crippen LogP contribution in [0.5, 0.6) is 0 Å². The second-order valence-corrected chi connectivity index (χ2v) is 42.1. The van der Waals surface area contributed by atoms with E-state index in [-0.39, 0.29) is 0 Å². The van der Waals surface area contributed by atoms with Crippen molar-refractivity contribution in [2.45, 2.75) is 262 Å². The predicted octanol–water partition coefficient (Wildman–Crippen LogP) is 16.5. The summed E-state index contributed by atoms with van der Waals surface area (Å²) < 4.78 is 7.09. The van der Waals surface area contributed by atoms with Crippen molar-refractivity contribution in [3.8, 4) is 0 Å². The third-order valence-electron chi connectivity index (χ3n) is 27.8. The number of thiophene rings is 1. The first-order valence-electron chi connectivity index (χ1n) is 44.4. The number of fused-ring (bicyclic) bond motifs is 6. The average molecular weight is 1570 g/mol. The third kappa shape index (κ3) is 26.9. The molecule has 0 radical (unpaired) electrons. The minimum atomic E-state index is 0.751. The van der Waals surface area contributed by atoms with E-state index in [0.29, 0.717) is 0 Å². The first-order valence-corrected chi connectivity index (χ1v) is 46.0. The monoisotopic (exact) mass is 1570 g/mol. The molecule has 6 saturated heterocycles. The quantitative estimate of drug-likeness (QED) is 0.139. The molecule has 12 aliphatic heterocycles. The standard InChI is InChI=1S/2C11H21N.C10H13N.C9H14N2.C9H17N2.C9H14N2.C9H13NS.C8H15N.C7H10N2S.C6H13N.C5H11N/c1-10-3-5-11(6-4-10)7-8-12(2)9-11;1-10-3-4-11(9-10)5-7-12(2)8-6-11;1-8-3-4-9-6-11(2)7-10(9)5-8;1-8-5-9-7-10(2)3-4-11(9)6-8;2*1-8-3-4-9-7-10(2)5-6-11(8)9;1-7-5-8-3-4-10(2)6-9(8)11-7;1-7-3-8(4-7)5-9(2)6-8;1-5-8-6-3-9(2)4-7(6)10-5;1-6-4-3-5-7(6)2;1-5-3-6(2)4-5/h2*10H,3-9H2,1-2H3;3-5H,6-7H2,1-2H3;5-6H,3-4,7H2,1-2H3;5,8-9H,3-4,6-7H2,1-2H3;3-4H,5-7H2,1-2H3;5H,3-4,6H2,1-2H3;7H,3-6H2,1-2H3;3-4H2,1-2H3;6H,3-5H2,1-2H3;5H,3-4H2,1-2H3/q;;;;+1;;;;;;. The van der Waals surface area contributed by atoms with Crippen LogP contribution in [-0.4, -0.2) is 266 Å². The van der Waals surface area contributed by atoms with Crippen molar-refractivity contribution in [1.82, 2.24) is 68.0 Å². The highest BCUT2D eigenvalue weighted by atomic mass is 32.1. The van der Waals surface area contributed by atoms with Crippen molar-refractivity contribution >= 4 is 28.9 Å². The molecule has 1 aromatic carbocycles. The lowest BCUT2D eigenvalue weighted by atomic mass is 9.58. The molecule has 3 aliphatic carbocycles. The molecule has 15 nitrogen and oxygen atoms in total. The molecule has 624 valence electrons. The lowest BCUT2D eigenvalue weighted by molar-refractivity contribution is -0.505. The van der Waals surface area contributed by atoms with E-state index in [0.717, 1.165) is 117 Å². The smallest absolute Gasteiger partial charge is 0.157 e. The van der Waals surface area contributed by atoms with Gasteiger partial charge in [-0.3, -0.25) is 24.5 Å². The molecule has 3 saturated carbocycles. The molecule has 15 aliphatic rings. The van der Waals surface area contributed by atoms with Gasteiger partial charge >= 0.3 is 0 Å². The number of aromatic nitrogens is 3. The summed E-state index contributed by atoms with van der Waals surface area (Å²) in [6.07, 6.45) is 29.3. The molecule has 0 bridgehead atoms. The number of hydrogen-bond donors (Lipinski definition) is 0. The Bertz CT molecular complexity index is 3460. The van der Waals surface area contributed by atoms with Crippen molar-refractivity contribution in [3.05, 3.63) is 119 Å². The average Bonchev–Trinajstić information content (AvgIpc) is 1.72. The second-order valence-electron chi connectivity index (χ2n) is 39.5. The second kappa shape index (κ2) is 41.6. The van der Waals surface area contributed by atoms with E-state index in [1.165, 1.54) is 261 Å². The maximum absolute atomic E-state index is 4.42. The Kier molecular flexibility index (Phi) is 33.6. The van der Waals surface area contributed by atoms with E-state index in [4.69, 9.17) is 0 Å². The highest BCUT2D eigenvalue weighted by Crippen LogP contribution is 2.51. The maximum Gasteiger partial charge on any atom is 0.157 e. The first kappa shape index (κ1) is 89.7. The Balaban J connectivity index is 0.000000130. The van der Waals surface area contributed by atoms with E-state index < -0.39 is 0 Å². The fourth-order valence-corrected chi connectivity index (χ4v) is 23.3. The summed E-state index contributed by atoms with van der Waals surface area (Å²) in [5.74, 6) is 4.00. The van der Waals surface area contributed by atoms with Gasteiger partial charge in [-0.2, -0.15) is 0 Å². The Morgan fingerprint density at radius 3 is 1.67 bits per heavy atom. The van der Waals surface area contributed by atoms with Crippen molar-refractivity contribution < 1.29 is 4.58 Å². The molecule has 3 spiro atoms. The van der Waals surface area contributed by atoms with Crippen LogP contribution in [0.15, 0.2) is 48.7 Å². The lowest BCUT2D eigenvalue weighted by Gasteiger charge is -2.57. The van der Waals surface area contributed by atoms with Gasteiger partial charge in [0.05, 0.1) is 23.3 Å². The highest BCUT2D eigenvalue weighted by Gasteiger charge is 2.49. The molecule has 0 N–H and O–H groups in total. The van der Waals surface area contributed by atoms with Gasteiger partial charge in [-0.05, 0) is 321 Å². The maximum atomic E-state index is 4.42. The Labute approximate surface area is 687 Å². The summed E-state index contributed by atoms with van der Waals surface area (Å²) in [7, 11) is 24.1. The van der Waals surface area contributed by atoms with Crippen LogP contribution in [0.3, 0.4) is 0 Å². The molecular formula is C94H162N15S2+. The number of thiazole rings is 1. The largest absolute Gasteiger partial charge is 0.349 e. The SMILES string of the molecule is CC1CC2(C1)CN(C)C2.CC1CCC2(CC1)CCN(C)C2.CC1CCC2(CCN(C)CC2)C1.CC1CCC2C[N+](C)=CCN12.CC1CCCN1C.CC1CN(C)C1.Cc1cc2c(s1)CN(C)CC2.Cc1cc2n(c1)CCN(C)C2.Cc1ccc2c(c1)CN(C)C2.Cc1ccc2n1CCN(C)C2.Cc1nc2c(s1)CN(C)C2. The topological polar surface area (TPSA) is 61.4 Å². The number of piperidine rings is 1. The van der Waals surface area contributed by atoms with Gasteiger partial charge < -0.3 is 38.5 Å². The fourth-order valence-electron chi connectivity index (χ4n) is 21.1. The molecule has 0 amide bonds. The van der Waals surface area contributed by atoms with Crippen molar-refractivity contribution in [2.75, 3.05) is 169 Å². The van der Waals surface area contributed by atoms with Gasteiger partial charge in [0, 0.05) is 161 Å². The van der Waals surface area contributed by atoms with Crippen LogP contribution in [0.2, 0.25) is 0 Å². The van der Waals surface area contributed by atoms with Gasteiger partial charge in [-0.25, -0.2) is 9.56 Å². The fraction of sp³-hybridized carbons (Fsp3) is 0.766. The van der Waals surface area contributed by atoms with Gasteiger partial charge in [-0.15, -0.1) is 22.7 Å². The summed E-state index contributed by atoms with van der Waals surface area (Å²) in [4.78, 5) is 35.4. The number of likely N-dealkylation sites (tertiary alicyclic amines) is 5. The summed E-state index contributed by atoms with van der Waals surface area (Å²) >= 11 is 3.78. The van der Waals surface area contributed by atoms with E-state index in [1.54, 1.807) is 10.4 Å². The van der Waals surface area contributed by atoms with E-state index in [2.05, 4.69) is 281 Å². The van der Waals surface area contributed by atoms with Gasteiger partial charge in [-0.1, -0.05) is 70.7 Å². The molecule has 111 heavy (non-hydrogen) atoms. The number of rotatable bonds is 0. The van der Waals surface area contributed by atoms with Gasteiger partial charge in [0.1, 0.15) is 7.05 Å². The van der Waals surface area contributed by atoms with Crippen molar-refractivity contribution in [1.29, 1.82) is 0 Å². The minimum absolute atomic E-state index is 0.751. The van der Waals surface area contributed by atoms with Gasteiger partial charge in [0.25, 0.3) is 0 Å². The molecule has 20 rings (SSSR count). The lowest BCUT2D eigenvalue weighted by Crippen LogP contribution is -2.60. The number of benzene rings is 1. The Hall–Kier alpha value is -3.66. The molecule has 9 fully saturated rings. The zero-order valence-corrected chi connectivity index (χ0v) is 76.7. The highest BCUT2D eigenvalue weighted by molar-refractivity contribution is 7.12. The number of nitrogens with zero attached hydrogens (tertiary/aromatic N) is 15. The summed E-state index contributed by atoms with van der Waals surface area (Å²) in [5, 5.41) is 1.21. The number of hydrogen-bond acceptors (Lipinski definition) is 14. The molecule has 4 aromatic heterocycles. The zero-order chi connectivity index (χ0) is 79.9.